The van der Waals surface area contributed by atoms with Crippen LogP contribution in [0.25, 0.3) is 0 Å². The monoisotopic (exact) mass is 277 g/mol. The van der Waals surface area contributed by atoms with Crippen LogP contribution in [0.4, 0.5) is 0 Å². The lowest BCUT2D eigenvalue weighted by atomic mass is 9.72. The second-order valence-corrected chi connectivity index (χ2v) is 6.92. The van der Waals surface area contributed by atoms with E-state index in [0.29, 0.717) is 5.92 Å². The zero-order valence-corrected chi connectivity index (χ0v) is 13.6. The molecule has 1 aliphatic rings. The van der Waals surface area contributed by atoms with Gasteiger partial charge in [0.1, 0.15) is 0 Å². The molecule has 3 heteroatoms. The quantitative estimate of drug-likeness (QED) is 0.861. The van der Waals surface area contributed by atoms with E-state index < -0.39 is 0 Å². The van der Waals surface area contributed by atoms with Crippen molar-refractivity contribution in [3.63, 3.8) is 0 Å². The molecule has 2 rings (SSSR count). The molecule has 1 aromatic heterocycles. The van der Waals surface area contributed by atoms with Crippen molar-refractivity contribution in [2.24, 2.45) is 24.8 Å². The van der Waals surface area contributed by atoms with Crippen molar-refractivity contribution < 1.29 is 0 Å². The zero-order valence-electron chi connectivity index (χ0n) is 13.6. The van der Waals surface area contributed by atoms with Crippen LogP contribution in [-0.4, -0.2) is 22.9 Å². The van der Waals surface area contributed by atoms with Gasteiger partial charge in [-0.2, -0.15) is 5.10 Å². The van der Waals surface area contributed by atoms with Crippen molar-refractivity contribution in [3.8, 4) is 0 Å². The van der Waals surface area contributed by atoms with E-state index in [1.54, 1.807) is 0 Å². The lowest BCUT2D eigenvalue weighted by Gasteiger charge is -2.35. The first-order valence-corrected chi connectivity index (χ1v) is 8.30. The predicted octanol–water partition coefficient (Wildman–Crippen LogP) is 3.58. The molecule has 20 heavy (non-hydrogen) atoms. The van der Waals surface area contributed by atoms with Crippen LogP contribution >= 0.6 is 0 Å². The first-order chi connectivity index (χ1) is 9.60. The smallest absolute Gasteiger partial charge is 0.0658 e. The molecule has 1 heterocycles. The summed E-state index contributed by atoms with van der Waals surface area (Å²) >= 11 is 0. The average molecular weight is 277 g/mol. The van der Waals surface area contributed by atoms with Gasteiger partial charge in [-0.1, -0.05) is 33.6 Å². The highest BCUT2D eigenvalue weighted by atomic mass is 15.2. The van der Waals surface area contributed by atoms with Gasteiger partial charge in [0, 0.05) is 19.2 Å². The van der Waals surface area contributed by atoms with E-state index in [1.165, 1.54) is 31.4 Å². The molecule has 0 bridgehead atoms. The number of rotatable bonds is 6. The van der Waals surface area contributed by atoms with Crippen LogP contribution in [-0.2, 0) is 7.05 Å². The van der Waals surface area contributed by atoms with Gasteiger partial charge in [0.05, 0.1) is 5.69 Å². The second kappa shape index (κ2) is 7.26. The zero-order chi connectivity index (χ0) is 14.5. The highest BCUT2D eigenvalue weighted by Gasteiger charge is 2.31. The van der Waals surface area contributed by atoms with Crippen molar-refractivity contribution in [2.45, 2.75) is 52.4 Å². The largest absolute Gasteiger partial charge is 0.316 e. The Labute approximate surface area is 124 Å². The number of hydrogen-bond donors (Lipinski definition) is 1. The second-order valence-electron chi connectivity index (χ2n) is 6.92. The van der Waals surface area contributed by atoms with E-state index in [-0.39, 0.29) is 0 Å². The highest BCUT2D eigenvalue weighted by molar-refractivity contribution is 5.10. The Balaban J connectivity index is 2.00. The Bertz CT molecular complexity index is 397. The van der Waals surface area contributed by atoms with Gasteiger partial charge in [-0.25, -0.2) is 0 Å². The third-order valence-corrected chi connectivity index (χ3v) is 4.75. The number of aromatic nitrogens is 2. The molecule has 1 aliphatic carbocycles. The predicted molar refractivity (Wildman–Crippen MR) is 84.8 cm³/mol. The van der Waals surface area contributed by atoms with E-state index in [2.05, 4.69) is 43.4 Å². The molecule has 1 fully saturated rings. The first-order valence-electron chi connectivity index (χ1n) is 8.30. The fourth-order valence-corrected chi connectivity index (χ4v) is 3.49. The van der Waals surface area contributed by atoms with Crippen molar-refractivity contribution >= 4 is 0 Å². The fraction of sp³-hybridized carbons (Fsp3) is 0.824. The molecule has 1 saturated carbocycles. The summed E-state index contributed by atoms with van der Waals surface area (Å²) in [5.74, 6) is 3.03. The Morgan fingerprint density at radius 3 is 2.80 bits per heavy atom. The summed E-state index contributed by atoms with van der Waals surface area (Å²) in [7, 11) is 2.02. The SMILES string of the molecule is CCC1CCC(CNCC(C)C)C(c2ccn(C)n2)C1. The third-order valence-electron chi connectivity index (χ3n) is 4.75. The molecule has 0 aliphatic heterocycles. The molecule has 114 valence electrons. The Morgan fingerprint density at radius 2 is 2.20 bits per heavy atom. The van der Waals surface area contributed by atoms with Crippen LogP contribution in [0.1, 0.15) is 58.1 Å². The summed E-state index contributed by atoms with van der Waals surface area (Å²) in [5.41, 5.74) is 1.31. The van der Waals surface area contributed by atoms with E-state index in [0.717, 1.165) is 30.8 Å². The standard InChI is InChI=1S/C17H31N3/c1-5-14-6-7-15(12-18-11-13(2)3)16(10-14)17-8-9-20(4)19-17/h8-9,13-16,18H,5-7,10-12H2,1-4H3. The maximum Gasteiger partial charge on any atom is 0.0658 e. The van der Waals surface area contributed by atoms with Gasteiger partial charge < -0.3 is 5.32 Å². The summed E-state index contributed by atoms with van der Waals surface area (Å²) in [6.07, 6.45) is 7.47. The molecular weight excluding hydrogens is 246 g/mol. The van der Waals surface area contributed by atoms with E-state index in [9.17, 15) is 0 Å². The minimum absolute atomic E-state index is 0.648. The molecule has 0 radical (unpaired) electrons. The van der Waals surface area contributed by atoms with Crippen molar-refractivity contribution in [2.75, 3.05) is 13.1 Å². The lowest BCUT2D eigenvalue weighted by molar-refractivity contribution is 0.220. The topological polar surface area (TPSA) is 29.9 Å². The summed E-state index contributed by atoms with van der Waals surface area (Å²) in [4.78, 5) is 0. The molecule has 1 N–H and O–H groups in total. The molecule has 1 aromatic rings. The molecule has 0 saturated heterocycles. The lowest BCUT2D eigenvalue weighted by Crippen LogP contribution is -2.33. The Hall–Kier alpha value is -0.830. The van der Waals surface area contributed by atoms with Gasteiger partial charge in [-0.3, -0.25) is 4.68 Å². The van der Waals surface area contributed by atoms with Gasteiger partial charge in [-0.15, -0.1) is 0 Å². The van der Waals surface area contributed by atoms with Crippen LogP contribution in [0.15, 0.2) is 12.3 Å². The number of nitrogens with zero attached hydrogens (tertiary/aromatic N) is 2. The molecule has 3 nitrogen and oxygen atoms in total. The molecule has 3 atom stereocenters. The van der Waals surface area contributed by atoms with Gasteiger partial charge in [0.2, 0.25) is 0 Å². The Morgan fingerprint density at radius 1 is 1.40 bits per heavy atom. The fourth-order valence-electron chi connectivity index (χ4n) is 3.49. The van der Waals surface area contributed by atoms with Crippen molar-refractivity contribution in [1.82, 2.24) is 15.1 Å². The van der Waals surface area contributed by atoms with Gasteiger partial charge in [0.15, 0.2) is 0 Å². The van der Waals surface area contributed by atoms with Crippen LogP contribution in [0, 0.1) is 17.8 Å². The average Bonchev–Trinajstić information content (AvgIpc) is 2.85. The summed E-state index contributed by atoms with van der Waals surface area (Å²) in [6.45, 7) is 9.16. The summed E-state index contributed by atoms with van der Waals surface area (Å²) in [6, 6.07) is 2.22. The Kier molecular flexibility index (Phi) is 5.64. The molecular formula is C17H31N3. The molecule has 0 amide bonds. The van der Waals surface area contributed by atoms with E-state index >= 15 is 0 Å². The van der Waals surface area contributed by atoms with Gasteiger partial charge >= 0.3 is 0 Å². The maximum atomic E-state index is 4.69. The third kappa shape index (κ3) is 4.08. The number of nitrogens with one attached hydrogen (secondary N) is 1. The van der Waals surface area contributed by atoms with Gasteiger partial charge in [0.25, 0.3) is 0 Å². The highest BCUT2D eigenvalue weighted by Crippen LogP contribution is 2.40. The van der Waals surface area contributed by atoms with Crippen LogP contribution < -0.4 is 5.32 Å². The molecule has 0 aromatic carbocycles. The van der Waals surface area contributed by atoms with E-state index in [1.807, 2.05) is 11.7 Å². The first kappa shape index (κ1) is 15.6. The molecule has 3 unspecified atom stereocenters. The van der Waals surface area contributed by atoms with Gasteiger partial charge in [-0.05, 0) is 49.8 Å². The van der Waals surface area contributed by atoms with Crippen LogP contribution in [0.2, 0.25) is 0 Å². The van der Waals surface area contributed by atoms with Crippen LogP contribution in [0.5, 0.6) is 0 Å². The minimum Gasteiger partial charge on any atom is -0.316 e. The minimum atomic E-state index is 0.648. The summed E-state index contributed by atoms with van der Waals surface area (Å²) in [5, 5.41) is 8.34. The van der Waals surface area contributed by atoms with E-state index in [4.69, 9.17) is 0 Å². The normalized spacial score (nSPS) is 27.1. The summed E-state index contributed by atoms with van der Waals surface area (Å²) < 4.78 is 1.95. The maximum absolute atomic E-state index is 4.69. The van der Waals surface area contributed by atoms with Crippen molar-refractivity contribution in [1.29, 1.82) is 0 Å². The van der Waals surface area contributed by atoms with Crippen LogP contribution in [0.3, 0.4) is 0 Å². The van der Waals surface area contributed by atoms with Crippen molar-refractivity contribution in [3.05, 3.63) is 18.0 Å². The molecule has 0 spiro atoms. The number of aryl methyl sites for hydroxylation is 1. The number of hydrogen-bond acceptors (Lipinski definition) is 2.